The predicted octanol–water partition coefficient (Wildman–Crippen LogP) is 10.9. The van der Waals surface area contributed by atoms with Gasteiger partial charge in [0, 0.05) is 0 Å². The van der Waals surface area contributed by atoms with E-state index < -0.39 is 17.5 Å². The second-order valence-electron chi connectivity index (χ2n) is 11.2. The van der Waals surface area contributed by atoms with Crippen LogP contribution in [0.3, 0.4) is 0 Å². The Labute approximate surface area is 214 Å². The molecule has 4 rings (SSSR count). The molecule has 2 saturated carbocycles. The van der Waals surface area contributed by atoms with Crippen molar-refractivity contribution in [1.29, 1.82) is 0 Å². The van der Waals surface area contributed by atoms with Gasteiger partial charge in [0.2, 0.25) is 0 Å². The number of unbranched alkanes of at least 4 members (excludes halogenated alkanes) is 2. The van der Waals surface area contributed by atoms with Crippen LogP contribution in [0.2, 0.25) is 5.02 Å². The molecule has 4 heteroatoms. The molecule has 2 aromatic carbocycles. The number of rotatable bonds is 9. The van der Waals surface area contributed by atoms with Gasteiger partial charge in [-0.1, -0.05) is 88.8 Å². The van der Waals surface area contributed by atoms with Crippen molar-refractivity contribution in [2.45, 2.75) is 103 Å². The van der Waals surface area contributed by atoms with Crippen molar-refractivity contribution in [2.75, 3.05) is 0 Å². The summed E-state index contributed by atoms with van der Waals surface area (Å²) < 4.78 is 43.6. The van der Waals surface area contributed by atoms with Crippen LogP contribution in [-0.4, -0.2) is 0 Å². The molecule has 2 aliphatic carbocycles. The van der Waals surface area contributed by atoms with Crippen LogP contribution in [0.25, 0.3) is 11.1 Å². The Morgan fingerprint density at radius 3 is 1.77 bits per heavy atom. The Bertz CT molecular complexity index is 933. The lowest BCUT2D eigenvalue weighted by molar-refractivity contribution is 0.222. The molecule has 0 nitrogen and oxygen atoms in total. The highest BCUT2D eigenvalue weighted by Crippen LogP contribution is 2.41. The van der Waals surface area contributed by atoms with E-state index in [0.29, 0.717) is 0 Å². The van der Waals surface area contributed by atoms with E-state index in [-0.39, 0.29) is 22.1 Å². The van der Waals surface area contributed by atoms with Gasteiger partial charge in [0.25, 0.3) is 0 Å². The van der Waals surface area contributed by atoms with Crippen molar-refractivity contribution < 1.29 is 13.2 Å². The van der Waals surface area contributed by atoms with E-state index in [1.54, 1.807) is 0 Å². The fourth-order valence-electron chi connectivity index (χ4n) is 6.50. The lowest BCUT2D eigenvalue weighted by Gasteiger charge is -2.32. The summed E-state index contributed by atoms with van der Waals surface area (Å²) in [7, 11) is 0. The summed E-state index contributed by atoms with van der Waals surface area (Å²) in [6.45, 7) is 2.28. The fraction of sp³-hybridized carbons (Fsp3) is 0.613. The Morgan fingerprint density at radius 1 is 0.686 bits per heavy atom. The summed E-state index contributed by atoms with van der Waals surface area (Å²) in [5.41, 5.74) is 0.725. The van der Waals surface area contributed by atoms with E-state index in [1.807, 2.05) is 0 Å². The molecule has 2 aromatic rings. The van der Waals surface area contributed by atoms with Gasteiger partial charge in [0.05, 0.1) is 10.6 Å². The van der Waals surface area contributed by atoms with Crippen molar-refractivity contribution in [3.8, 4) is 11.1 Å². The summed E-state index contributed by atoms with van der Waals surface area (Å²) in [6, 6.07) is 6.79. The molecule has 35 heavy (non-hydrogen) atoms. The van der Waals surface area contributed by atoms with Crippen LogP contribution in [0, 0.1) is 35.2 Å². The lowest BCUT2D eigenvalue weighted by Crippen LogP contribution is -2.18. The molecule has 0 bridgehead atoms. The van der Waals surface area contributed by atoms with Gasteiger partial charge in [-0.2, -0.15) is 0 Å². The minimum absolute atomic E-state index is 0.0574. The van der Waals surface area contributed by atoms with Gasteiger partial charge in [-0.3, -0.25) is 0 Å². The molecule has 2 fully saturated rings. The summed E-state index contributed by atoms with van der Waals surface area (Å²) in [4.78, 5) is 0. The lowest BCUT2D eigenvalue weighted by atomic mass is 9.74. The Hall–Kier alpha value is -1.48. The first-order valence-electron chi connectivity index (χ1n) is 13.9. The van der Waals surface area contributed by atoms with E-state index in [1.165, 1.54) is 88.5 Å². The van der Waals surface area contributed by atoms with E-state index >= 15 is 0 Å². The molecule has 0 unspecified atom stereocenters. The molecular formula is C31H40ClF3. The summed E-state index contributed by atoms with van der Waals surface area (Å²) in [5, 5.41) is -0.0574. The highest BCUT2D eigenvalue weighted by atomic mass is 35.5. The second kappa shape index (κ2) is 12.7. The normalized spacial score (nSPS) is 25.1. The summed E-state index contributed by atoms with van der Waals surface area (Å²) in [6.07, 6.45) is 18.1. The molecule has 0 amide bonds. The van der Waals surface area contributed by atoms with Crippen LogP contribution in [0.5, 0.6) is 0 Å². The first-order valence-corrected chi connectivity index (χ1v) is 14.3. The maximum atomic E-state index is 14.9. The van der Waals surface area contributed by atoms with Gasteiger partial charge >= 0.3 is 0 Å². The van der Waals surface area contributed by atoms with Gasteiger partial charge in [-0.15, -0.1) is 0 Å². The summed E-state index contributed by atoms with van der Waals surface area (Å²) in [5.74, 6) is 0.890. The van der Waals surface area contributed by atoms with E-state index in [4.69, 9.17) is 11.6 Å². The maximum absolute atomic E-state index is 14.9. The van der Waals surface area contributed by atoms with Gasteiger partial charge < -0.3 is 0 Å². The van der Waals surface area contributed by atoms with Crippen molar-refractivity contribution >= 4 is 11.6 Å². The highest BCUT2D eigenvalue weighted by molar-refractivity contribution is 6.30. The van der Waals surface area contributed by atoms with Crippen LogP contribution in [0.1, 0.15) is 108 Å². The van der Waals surface area contributed by atoms with Gasteiger partial charge in [0.1, 0.15) is 17.5 Å². The van der Waals surface area contributed by atoms with Crippen LogP contribution in [-0.2, 0) is 0 Å². The number of halogens is 4. The van der Waals surface area contributed by atoms with Gasteiger partial charge in [-0.25, -0.2) is 13.2 Å². The zero-order valence-electron chi connectivity index (χ0n) is 21.1. The third-order valence-electron chi connectivity index (χ3n) is 8.76. The molecule has 0 saturated heterocycles. The van der Waals surface area contributed by atoms with Crippen LogP contribution in [0.15, 0.2) is 30.3 Å². The minimum atomic E-state index is -0.676. The minimum Gasteiger partial charge on any atom is -0.206 e. The second-order valence-corrected chi connectivity index (χ2v) is 11.6. The Balaban J connectivity index is 1.25. The van der Waals surface area contributed by atoms with Gasteiger partial charge in [0.15, 0.2) is 0 Å². The molecule has 0 atom stereocenters. The quantitative estimate of drug-likeness (QED) is 0.298. The molecule has 0 spiro atoms. The number of hydrogen-bond donors (Lipinski definition) is 0. The van der Waals surface area contributed by atoms with E-state index in [2.05, 4.69) is 6.92 Å². The third kappa shape index (κ3) is 7.06. The fourth-order valence-corrected chi connectivity index (χ4v) is 6.62. The smallest absolute Gasteiger partial charge is 0.142 e. The average molecular weight is 505 g/mol. The summed E-state index contributed by atoms with van der Waals surface area (Å²) >= 11 is 5.72. The largest absolute Gasteiger partial charge is 0.206 e. The Kier molecular flexibility index (Phi) is 9.61. The first kappa shape index (κ1) is 26.6. The molecule has 0 radical (unpaired) electrons. The standard InChI is InChI=1S/C31H40ClF3/c1-2-3-4-5-21-6-8-22(9-7-21)10-11-23-12-14-24(15-13-23)26-19-29(34)31(30(35)20-26)25-16-17-27(32)28(33)18-25/h16-24H,2-15H2,1H3/t21-,22-,23?,24?. The van der Waals surface area contributed by atoms with E-state index in [0.717, 1.165) is 55.1 Å². The van der Waals surface area contributed by atoms with Crippen molar-refractivity contribution in [3.63, 3.8) is 0 Å². The van der Waals surface area contributed by atoms with Crippen LogP contribution >= 0.6 is 11.6 Å². The molecular weight excluding hydrogens is 465 g/mol. The third-order valence-corrected chi connectivity index (χ3v) is 9.06. The predicted molar refractivity (Wildman–Crippen MR) is 140 cm³/mol. The Morgan fingerprint density at radius 2 is 1.23 bits per heavy atom. The van der Waals surface area contributed by atoms with E-state index in [9.17, 15) is 13.2 Å². The molecule has 0 aromatic heterocycles. The maximum Gasteiger partial charge on any atom is 0.142 e. The molecule has 192 valence electrons. The van der Waals surface area contributed by atoms with Gasteiger partial charge in [-0.05, 0) is 84.7 Å². The molecule has 2 aliphatic rings. The van der Waals surface area contributed by atoms with Crippen molar-refractivity contribution in [2.24, 2.45) is 17.8 Å². The van der Waals surface area contributed by atoms with Crippen molar-refractivity contribution in [1.82, 2.24) is 0 Å². The monoisotopic (exact) mass is 504 g/mol. The van der Waals surface area contributed by atoms with Crippen LogP contribution in [0.4, 0.5) is 13.2 Å². The highest BCUT2D eigenvalue weighted by Gasteiger charge is 2.26. The topological polar surface area (TPSA) is 0 Å². The van der Waals surface area contributed by atoms with Crippen molar-refractivity contribution in [3.05, 3.63) is 58.4 Å². The number of hydrogen-bond acceptors (Lipinski definition) is 0. The number of benzene rings is 2. The SMILES string of the molecule is CCCCC[C@H]1CC[C@H](CCC2CCC(c3cc(F)c(-c4ccc(Cl)c(F)c4)c(F)c3)CC2)CC1. The molecule has 0 aliphatic heterocycles. The zero-order chi connectivity index (χ0) is 24.8. The zero-order valence-corrected chi connectivity index (χ0v) is 21.9. The first-order chi connectivity index (χ1) is 16.9. The molecule has 0 heterocycles. The van der Waals surface area contributed by atoms with Crippen LogP contribution < -0.4 is 0 Å². The average Bonchev–Trinajstić information content (AvgIpc) is 2.86. The molecule has 0 N–H and O–H groups in total.